The number of benzene rings is 2. The number of hydrogen-bond acceptors (Lipinski definition) is 1. The van der Waals surface area contributed by atoms with Crippen molar-refractivity contribution in [2.75, 3.05) is 6.61 Å². The monoisotopic (exact) mass is 294 g/mol. The third kappa shape index (κ3) is 2.87. The van der Waals surface area contributed by atoms with E-state index >= 15 is 0 Å². The second kappa shape index (κ2) is 6.42. The molecule has 0 bridgehead atoms. The first kappa shape index (κ1) is 14.3. The second-order valence-corrected chi connectivity index (χ2v) is 8.90. The summed E-state index contributed by atoms with van der Waals surface area (Å²) in [6.45, 7) is 4.99. The molecular weight excluding hydrogens is 272 g/mol. The molecule has 1 aliphatic heterocycles. The molecule has 2 heteroatoms. The van der Waals surface area contributed by atoms with Crippen LogP contribution in [-0.2, 0) is 4.74 Å². The van der Waals surface area contributed by atoms with E-state index in [4.69, 9.17) is 4.74 Å². The van der Waals surface area contributed by atoms with Crippen LogP contribution in [0, 0.1) is 0 Å². The van der Waals surface area contributed by atoms with Crippen LogP contribution in [0.2, 0.25) is 0 Å². The summed E-state index contributed by atoms with van der Waals surface area (Å²) in [5.74, 6) is 0. The van der Waals surface area contributed by atoms with Gasteiger partial charge in [0.2, 0.25) is 0 Å². The molecule has 0 aliphatic carbocycles. The van der Waals surface area contributed by atoms with E-state index in [0.717, 1.165) is 13.0 Å². The molecule has 0 amide bonds. The van der Waals surface area contributed by atoms with Crippen LogP contribution in [0.5, 0.6) is 0 Å². The Labute approximate surface area is 128 Å². The van der Waals surface area contributed by atoms with Gasteiger partial charge in [-0.15, -0.1) is 6.58 Å². The standard InChI is InChI=1S/C19H22OSi/c1-2-19(15-9-10-16-20-19)21(17-11-5-3-6-12-17)18-13-7-4-8-14-18/h2-8,11-14,21H,1,9-10,15-16H2. The van der Waals surface area contributed by atoms with Crippen molar-refractivity contribution in [3.8, 4) is 0 Å². The molecule has 2 aromatic rings. The SMILES string of the molecule is C=CC1([SiH](c2ccccc2)c2ccccc2)CCCCO1. The van der Waals surface area contributed by atoms with Crippen molar-refractivity contribution in [2.45, 2.75) is 24.5 Å². The Balaban J connectivity index is 2.09. The van der Waals surface area contributed by atoms with Crippen molar-refractivity contribution in [2.24, 2.45) is 0 Å². The van der Waals surface area contributed by atoms with Crippen LogP contribution in [0.1, 0.15) is 19.3 Å². The third-order valence-corrected chi connectivity index (χ3v) is 8.20. The van der Waals surface area contributed by atoms with Gasteiger partial charge in [-0.2, -0.15) is 0 Å². The summed E-state index contributed by atoms with van der Waals surface area (Å²) in [4.78, 5) is 0. The maximum Gasteiger partial charge on any atom is 0.143 e. The summed E-state index contributed by atoms with van der Waals surface area (Å²) in [7, 11) is -1.51. The first-order chi connectivity index (χ1) is 10.4. The molecule has 1 unspecified atom stereocenters. The second-order valence-electron chi connectivity index (χ2n) is 5.72. The van der Waals surface area contributed by atoms with E-state index < -0.39 is 8.80 Å². The predicted octanol–water partition coefficient (Wildman–Crippen LogP) is 2.69. The van der Waals surface area contributed by atoms with Crippen LogP contribution in [-0.4, -0.2) is 20.6 Å². The highest BCUT2D eigenvalue weighted by Crippen LogP contribution is 2.28. The normalized spacial score (nSPS) is 22.1. The van der Waals surface area contributed by atoms with Gasteiger partial charge >= 0.3 is 0 Å². The van der Waals surface area contributed by atoms with Gasteiger partial charge in [0.15, 0.2) is 0 Å². The van der Waals surface area contributed by atoms with Crippen LogP contribution >= 0.6 is 0 Å². The summed E-state index contributed by atoms with van der Waals surface area (Å²) in [6.07, 6.45) is 5.58. The van der Waals surface area contributed by atoms with Crippen LogP contribution in [0.15, 0.2) is 73.3 Å². The molecule has 0 N–H and O–H groups in total. The number of ether oxygens (including phenoxy) is 1. The Morgan fingerprint density at radius 2 is 1.48 bits per heavy atom. The highest BCUT2D eigenvalue weighted by atomic mass is 28.3. The Morgan fingerprint density at radius 1 is 0.905 bits per heavy atom. The van der Waals surface area contributed by atoms with E-state index in [2.05, 4.69) is 73.3 Å². The quantitative estimate of drug-likeness (QED) is 0.622. The minimum atomic E-state index is -1.51. The fourth-order valence-electron chi connectivity index (χ4n) is 3.39. The zero-order valence-electron chi connectivity index (χ0n) is 12.4. The van der Waals surface area contributed by atoms with Gasteiger partial charge < -0.3 is 4.74 Å². The Bertz CT molecular complexity index is 534. The molecule has 21 heavy (non-hydrogen) atoms. The van der Waals surface area contributed by atoms with Gasteiger partial charge in [-0.25, -0.2) is 0 Å². The lowest BCUT2D eigenvalue weighted by Crippen LogP contribution is -2.61. The van der Waals surface area contributed by atoms with Crippen molar-refractivity contribution < 1.29 is 4.74 Å². The molecule has 108 valence electrons. The van der Waals surface area contributed by atoms with Crippen LogP contribution < -0.4 is 10.4 Å². The maximum atomic E-state index is 6.33. The molecule has 0 radical (unpaired) electrons. The minimum absolute atomic E-state index is 0.152. The van der Waals surface area contributed by atoms with Crippen molar-refractivity contribution in [3.63, 3.8) is 0 Å². The highest BCUT2D eigenvalue weighted by molar-refractivity contribution is 6.87. The topological polar surface area (TPSA) is 9.23 Å². The van der Waals surface area contributed by atoms with E-state index in [1.807, 2.05) is 0 Å². The van der Waals surface area contributed by atoms with Gasteiger partial charge in [0.25, 0.3) is 0 Å². The summed E-state index contributed by atoms with van der Waals surface area (Å²) in [5, 5.41) is 2.72. The van der Waals surface area contributed by atoms with Crippen molar-refractivity contribution in [1.82, 2.24) is 0 Å². The molecule has 1 aliphatic rings. The van der Waals surface area contributed by atoms with Gasteiger partial charge in [0, 0.05) is 6.61 Å². The van der Waals surface area contributed by atoms with Gasteiger partial charge in [-0.05, 0) is 19.3 Å². The van der Waals surface area contributed by atoms with E-state index in [1.54, 1.807) is 0 Å². The van der Waals surface area contributed by atoms with E-state index in [1.165, 1.54) is 23.2 Å². The Hall–Kier alpha value is -1.64. The molecule has 0 spiro atoms. The highest BCUT2D eigenvalue weighted by Gasteiger charge is 2.41. The average molecular weight is 294 g/mol. The van der Waals surface area contributed by atoms with Crippen LogP contribution in [0.3, 0.4) is 0 Å². The Kier molecular flexibility index (Phi) is 4.37. The molecule has 1 nitrogen and oxygen atoms in total. The zero-order chi connectivity index (χ0) is 14.5. The predicted molar refractivity (Wildman–Crippen MR) is 92.0 cm³/mol. The van der Waals surface area contributed by atoms with E-state index in [9.17, 15) is 0 Å². The van der Waals surface area contributed by atoms with Gasteiger partial charge in [0.1, 0.15) is 8.80 Å². The molecule has 1 heterocycles. The molecule has 1 saturated heterocycles. The molecule has 1 atom stereocenters. The zero-order valence-corrected chi connectivity index (χ0v) is 13.5. The van der Waals surface area contributed by atoms with Crippen molar-refractivity contribution >= 4 is 19.2 Å². The third-order valence-electron chi connectivity index (χ3n) is 4.43. The molecule has 1 fully saturated rings. The molecule has 0 saturated carbocycles. The molecule has 3 rings (SSSR count). The average Bonchev–Trinajstić information content (AvgIpc) is 2.58. The fourth-order valence-corrected chi connectivity index (χ4v) is 7.13. The van der Waals surface area contributed by atoms with Gasteiger partial charge in [-0.3, -0.25) is 0 Å². The van der Waals surface area contributed by atoms with E-state index in [0.29, 0.717) is 0 Å². The Morgan fingerprint density at radius 3 is 1.90 bits per heavy atom. The van der Waals surface area contributed by atoms with Gasteiger partial charge in [-0.1, -0.05) is 77.1 Å². The molecular formula is C19H22OSi. The summed E-state index contributed by atoms with van der Waals surface area (Å²) in [6, 6.07) is 21.7. The summed E-state index contributed by atoms with van der Waals surface area (Å²) in [5.41, 5.74) is 0. The first-order valence-electron chi connectivity index (χ1n) is 7.73. The fraction of sp³-hybridized carbons (Fsp3) is 0.263. The number of hydrogen-bond donors (Lipinski definition) is 0. The summed E-state index contributed by atoms with van der Waals surface area (Å²) >= 11 is 0. The van der Waals surface area contributed by atoms with Gasteiger partial charge in [0.05, 0.1) is 5.22 Å². The molecule has 2 aromatic carbocycles. The van der Waals surface area contributed by atoms with Crippen molar-refractivity contribution in [3.05, 3.63) is 73.3 Å². The lowest BCUT2D eigenvalue weighted by Gasteiger charge is -2.41. The lowest BCUT2D eigenvalue weighted by molar-refractivity contribution is 0.0121. The van der Waals surface area contributed by atoms with E-state index in [-0.39, 0.29) is 5.22 Å². The summed E-state index contributed by atoms with van der Waals surface area (Å²) < 4.78 is 6.33. The minimum Gasteiger partial charge on any atom is -0.374 e. The van der Waals surface area contributed by atoms with Crippen LogP contribution in [0.25, 0.3) is 0 Å². The number of rotatable bonds is 4. The largest absolute Gasteiger partial charge is 0.374 e. The maximum absolute atomic E-state index is 6.33. The lowest BCUT2D eigenvalue weighted by atomic mass is 10.1. The van der Waals surface area contributed by atoms with Crippen molar-refractivity contribution in [1.29, 1.82) is 0 Å². The van der Waals surface area contributed by atoms with Crippen LogP contribution in [0.4, 0.5) is 0 Å². The first-order valence-corrected chi connectivity index (χ1v) is 9.46. The molecule has 0 aromatic heterocycles. The smallest absolute Gasteiger partial charge is 0.143 e.